The maximum atomic E-state index is 13.0. The maximum Gasteiger partial charge on any atom is 0.387 e. The molecule has 1 spiro atoms. The van der Waals surface area contributed by atoms with Crippen LogP contribution in [0.2, 0.25) is 0 Å². The van der Waals surface area contributed by atoms with Gasteiger partial charge >= 0.3 is 12.6 Å². The molecule has 0 saturated carbocycles. The summed E-state index contributed by atoms with van der Waals surface area (Å²) in [6.07, 6.45) is 1.56. The van der Waals surface area contributed by atoms with E-state index in [1.54, 1.807) is 12.1 Å². The molecule has 0 radical (unpaired) electrons. The summed E-state index contributed by atoms with van der Waals surface area (Å²) in [7, 11) is 0. The Morgan fingerprint density at radius 3 is 2.55 bits per heavy atom. The molecule has 1 fully saturated rings. The number of nitrogens with one attached hydrogen (secondary N) is 2. The third-order valence-corrected chi connectivity index (χ3v) is 5.62. The van der Waals surface area contributed by atoms with Crippen molar-refractivity contribution in [1.29, 1.82) is 0 Å². The molecule has 31 heavy (non-hydrogen) atoms. The lowest BCUT2D eigenvalue weighted by molar-refractivity contribution is -0.135. The fourth-order valence-corrected chi connectivity index (χ4v) is 4.03. The summed E-state index contributed by atoms with van der Waals surface area (Å²) in [6, 6.07) is 13.1. The predicted octanol–water partition coefficient (Wildman–Crippen LogP) is 2.38. The van der Waals surface area contributed by atoms with Gasteiger partial charge in [-0.3, -0.25) is 14.5 Å². The van der Waals surface area contributed by atoms with E-state index in [1.165, 1.54) is 12.1 Å². The van der Waals surface area contributed by atoms with Crippen LogP contribution in [0.5, 0.6) is 5.75 Å². The molecular weight excluding hydrogens is 408 g/mol. The third-order valence-electron chi connectivity index (χ3n) is 5.62. The smallest absolute Gasteiger partial charge is 0.387 e. The van der Waals surface area contributed by atoms with Crippen molar-refractivity contribution < 1.29 is 27.9 Å². The number of ether oxygens (including phenoxy) is 1. The van der Waals surface area contributed by atoms with Crippen LogP contribution in [-0.4, -0.2) is 41.4 Å². The van der Waals surface area contributed by atoms with Gasteiger partial charge in [0.2, 0.25) is 5.91 Å². The summed E-state index contributed by atoms with van der Waals surface area (Å²) in [6.45, 7) is -3.17. The number of nitrogens with zero attached hydrogens (tertiary/aromatic N) is 1. The van der Waals surface area contributed by atoms with Crippen LogP contribution in [0, 0.1) is 0 Å². The number of alkyl halides is 2. The molecule has 2 N–H and O–H groups in total. The molecule has 1 aliphatic heterocycles. The third kappa shape index (κ3) is 4.35. The number of urea groups is 1. The number of benzene rings is 2. The Kier molecular flexibility index (Phi) is 5.58. The molecule has 1 atom stereocenters. The van der Waals surface area contributed by atoms with E-state index < -0.39 is 30.0 Å². The van der Waals surface area contributed by atoms with Crippen molar-refractivity contribution in [2.24, 2.45) is 0 Å². The van der Waals surface area contributed by atoms with Crippen LogP contribution in [0.15, 0.2) is 48.5 Å². The lowest BCUT2D eigenvalue weighted by Crippen LogP contribution is -2.51. The van der Waals surface area contributed by atoms with E-state index >= 15 is 0 Å². The van der Waals surface area contributed by atoms with Crippen LogP contribution in [-0.2, 0) is 29.0 Å². The van der Waals surface area contributed by atoms with Gasteiger partial charge in [0.1, 0.15) is 17.8 Å². The van der Waals surface area contributed by atoms with Gasteiger partial charge in [0.25, 0.3) is 5.91 Å². The van der Waals surface area contributed by atoms with Crippen LogP contribution in [0.25, 0.3) is 0 Å². The van der Waals surface area contributed by atoms with E-state index in [9.17, 15) is 23.2 Å². The molecule has 4 amide bonds. The van der Waals surface area contributed by atoms with Gasteiger partial charge in [-0.2, -0.15) is 8.78 Å². The average molecular weight is 429 g/mol. The predicted molar refractivity (Wildman–Crippen MR) is 106 cm³/mol. The van der Waals surface area contributed by atoms with Crippen LogP contribution >= 0.6 is 0 Å². The second-order valence-electron chi connectivity index (χ2n) is 7.65. The average Bonchev–Trinajstić information content (AvgIpc) is 2.96. The Morgan fingerprint density at radius 2 is 1.84 bits per heavy atom. The van der Waals surface area contributed by atoms with Crippen molar-refractivity contribution in [1.82, 2.24) is 15.5 Å². The summed E-state index contributed by atoms with van der Waals surface area (Å²) >= 11 is 0. The summed E-state index contributed by atoms with van der Waals surface area (Å²) in [5.41, 5.74) is 1.84. The van der Waals surface area contributed by atoms with Crippen molar-refractivity contribution in [3.05, 3.63) is 65.2 Å². The molecule has 1 saturated heterocycles. The quantitative estimate of drug-likeness (QED) is 0.691. The second-order valence-corrected chi connectivity index (χ2v) is 7.65. The molecule has 9 heteroatoms. The van der Waals surface area contributed by atoms with Crippen molar-refractivity contribution in [2.75, 3.05) is 6.54 Å². The van der Waals surface area contributed by atoms with Crippen molar-refractivity contribution in [2.45, 2.75) is 38.0 Å². The molecule has 0 bridgehead atoms. The number of amides is 4. The van der Waals surface area contributed by atoms with E-state index in [0.29, 0.717) is 24.8 Å². The molecular formula is C22H21F2N3O4. The Bertz CT molecular complexity index is 1010. The minimum absolute atomic E-state index is 0.0174. The van der Waals surface area contributed by atoms with Gasteiger partial charge in [-0.25, -0.2) is 4.79 Å². The van der Waals surface area contributed by atoms with Gasteiger partial charge in [-0.1, -0.05) is 36.4 Å². The van der Waals surface area contributed by atoms with E-state index in [-0.39, 0.29) is 18.8 Å². The number of carbonyl (C=O) groups excluding carboxylic acids is 3. The first kappa shape index (κ1) is 20.8. The zero-order chi connectivity index (χ0) is 22.0. The minimum Gasteiger partial charge on any atom is -0.435 e. The van der Waals surface area contributed by atoms with Crippen LogP contribution < -0.4 is 15.4 Å². The lowest BCUT2D eigenvalue weighted by atomic mass is 9.78. The second kappa shape index (κ2) is 8.33. The number of fused-ring (bicyclic) bond motifs is 1. The number of hydrogen-bond acceptors (Lipinski definition) is 4. The van der Waals surface area contributed by atoms with Crippen LogP contribution in [0.4, 0.5) is 13.6 Å². The first-order valence-corrected chi connectivity index (χ1v) is 9.88. The normalized spacial score (nSPS) is 20.0. The number of carbonyl (C=O) groups is 3. The number of imide groups is 1. The van der Waals surface area contributed by atoms with Gasteiger partial charge in [-0.15, -0.1) is 0 Å². The monoisotopic (exact) mass is 429 g/mol. The fraction of sp³-hybridized carbons (Fsp3) is 0.318. The summed E-state index contributed by atoms with van der Waals surface area (Å²) in [5.74, 6) is -0.871. The Morgan fingerprint density at radius 1 is 1.13 bits per heavy atom. The molecule has 1 aliphatic carbocycles. The topological polar surface area (TPSA) is 87.7 Å². The van der Waals surface area contributed by atoms with Crippen LogP contribution in [0.3, 0.4) is 0 Å². The molecule has 2 aliphatic rings. The van der Waals surface area contributed by atoms with Crippen LogP contribution in [0.1, 0.15) is 23.1 Å². The fourth-order valence-electron chi connectivity index (χ4n) is 4.03. The summed E-state index contributed by atoms with van der Waals surface area (Å²) in [4.78, 5) is 38.8. The SMILES string of the molecule is O=C(CN1C(=O)NC2(CCc3ccccc3C2)C1=O)NCc1ccc(OC(F)F)cc1. The van der Waals surface area contributed by atoms with Crippen molar-refractivity contribution in [3.63, 3.8) is 0 Å². The highest BCUT2D eigenvalue weighted by molar-refractivity contribution is 6.09. The Balaban J connectivity index is 1.34. The van der Waals surface area contributed by atoms with Gasteiger partial charge < -0.3 is 15.4 Å². The lowest BCUT2D eigenvalue weighted by Gasteiger charge is -2.32. The molecule has 162 valence electrons. The molecule has 1 heterocycles. The molecule has 7 nitrogen and oxygen atoms in total. The van der Waals surface area contributed by atoms with E-state index in [0.717, 1.165) is 16.0 Å². The standard InChI is InChI=1S/C22H21F2N3O4/c23-20(24)31-17-7-5-14(6-8-17)12-25-18(28)13-27-19(29)22(26-21(27)30)10-9-15-3-1-2-4-16(15)11-22/h1-8,20H,9-13H2,(H,25,28)(H,26,30). The molecule has 4 rings (SSSR count). The Hall–Kier alpha value is -3.49. The minimum atomic E-state index is -2.91. The van der Waals surface area contributed by atoms with E-state index in [2.05, 4.69) is 15.4 Å². The molecule has 2 aromatic carbocycles. The van der Waals surface area contributed by atoms with Crippen molar-refractivity contribution in [3.8, 4) is 5.75 Å². The number of hydrogen-bond donors (Lipinski definition) is 2. The first-order valence-electron chi connectivity index (χ1n) is 9.88. The number of rotatable bonds is 6. The molecule has 1 unspecified atom stereocenters. The molecule has 0 aromatic heterocycles. The molecule has 2 aromatic rings. The van der Waals surface area contributed by atoms with E-state index in [1.807, 2.05) is 24.3 Å². The van der Waals surface area contributed by atoms with E-state index in [4.69, 9.17) is 0 Å². The summed E-state index contributed by atoms with van der Waals surface area (Å²) < 4.78 is 28.7. The number of aryl methyl sites for hydroxylation is 1. The zero-order valence-electron chi connectivity index (χ0n) is 16.6. The zero-order valence-corrected chi connectivity index (χ0v) is 16.6. The first-order chi connectivity index (χ1) is 14.9. The van der Waals surface area contributed by atoms with Crippen molar-refractivity contribution >= 4 is 17.8 Å². The number of halogens is 2. The highest BCUT2D eigenvalue weighted by Crippen LogP contribution is 2.33. The maximum absolute atomic E-state index is 13.0. The highest BCUT2D eigenvalue weighted by atomic mass is 19.3. The highest BCUT2D eigenvalue weighted by Gasteiger charge is 2.52. The van der Waals surface area contributed by atoms with Gasteiger partial charge in [0.15, 0.2) is 0 Å². The summed E-state index contributed by atoms with van der Waals surface area (Å²) in [5, 5.41) is 5.43. The van der Waals surface area contributed by atoms with Gasteiger partial charge in [0.05, 0.1) is 0 Å². The largest absolute Gasteiger partial charge is 0.435 e. The van der Waals surface area contributed by atoms with Gasteiger partial charge in [0, 0.05) is 13.0 Å². The Labute approximate surface area is 177 Å². The van der Waals surface area contributed by atoms with Gasteiger partial charge in [-0.05, 0) is 41.7 Å².